The van der Waals surface area contributed by atoms with Crippen molar-refractivity contribution < 1.29 is 23.9 Å². The molecule has 3 amide bonds. The summed E-state index contributed by atoms with van der Waals surface area (Å²) >= 11 is 0. The number of hydrogen-bond acceptors (Lipinski definition) is 5. The molecule has 1 aliphatic heterocycles. The fourth-order valence-electron chi connectivity index (χ4n) is 5.50. The third-order valence-corrected chi connectivity index (χ3v) is 7.80. The van der Waals surface area contributed by atoms with Crippen LogP contribution in [-0.4, -0.2) is 79.9 Å². The van der Waals surface area contributed by atoms with E-state index in [0.717, 1.165) is 53.0 Å². The maximum Gasteiger partial charge on any atom is 0.405 e. The Bertz CT molecular complexity index is 1670. The number of halogens is 1. The summed E-state index contributed by atoms with van der Waals surface area (Å²) in [6, 6.07) is 8.42. The summed E-state index contributed by atoms with van der Waals surface area (Å²) < 4.78 is 17.5. The van der Waals surface area contributed by atoms with Crippen molar-refractivity contribution in [3.8, 4) is 11.5 Å². The lowest BCUT2D eigenvalue weighted by atomic mass is 9.97. The fourth-order valence-corrected chi connectivity index (χ4v) is 5.50. The van der Waals surface area contributed by atoms with E-state index in [4.69, 9.17) is 10.1 Å². The molecule has 1 aromatic carbocycles. The van der Waals surface area contributed by atoms with Gasteiger partial charge in [-0.05, 0) is 61.1 Å². The Hall–Kier alpha value is -4.48. The lowest BCUT2D eigenvalue weighted by molar-refractivity contribution is 0.0713. The van der Waals surface area contributed by atoms with E-state index in [1.165, 1.54) is 4.90 Å². The number of pyridine rings is 1. The lowest BCUT2D eigenvalue weighted by Gasteiger charge is -2.31. The Morgan fingerprint density at radius 1 is 1.20 bits per heavy atom. The summed E-state index contributed by atoms with van der Waals surface area (Å²) in [5.41, 5.74) is 4.88. The second-order valence-corrected chi connectivity index (χ2v) is 10.6. The highest BCUT2D eigenvalue weighted by Crippen LogP contribution is 2.36. The van der Waals surface area contributed by atoms with Crippen LogP contribution >= 0.6 is 0 Å². The van der Waals surface area contributed by atoms with Gasteiger partial charge in [0.25, 0.3) is 11.8 Å². The molecule has 1 atom stereocenters. The third-order valence-electron chi connectivity index (χ3n) is 7.80. The molecule has 208 valence electrons. The van der Waals surface area contributed by atoms with E-state index in [0.29, 0.717) is 35.7 Å². The van der Waals surface area contributed by atoms with Gasteiger partial charge in [0.05, 0.1) is 22.8 Å². The second-order valence-electron chi connectivity index (χ2n) is 10.6. The van der Waals surface area contributed by atoms with E-state index in [-0.39, 0.29) is 18.4 Å². The summed E-state index contributed by atoms with van der Waals surface area (Å²) in [4.78, 5) is 47.7. The van der Waals surface area contributed by atoms with Crippen LogP contribution in [0.1, 0.15) is 39.3 Å². The smallest absolute Gasteiger partial charge is 0.405 e. The molecule has 6 rings (SSSR count). The molecule has 4 aromatic rings. The minimum atomic E-state index is -1.32. The highest BCUT2D eigenvalue weighted by atomic mass is 19.1. The van der Waals surface area contributed by atoms with Gasteiger partial charge in [-0.1, -0.05) is 0 Å². The molecule has 0 radical (unpaired) electrons. The summed E-state index contributed by atoms with van der Waals surface area (Å²) in [5.74, 6) is 0.764. The SMILES string of the molecule is CNC(=O)c1ccc2cc(-c3nc4cc5c(cc4n3C)CCN(C[C@@H](CF)NC(=O)O)C5=O)n(CC3CC3)c2n1. The summed E-state index contributed by atoms with van der Waals surface area (Å²) in [7, 11) is 3.53. The molecule has 4 heterocycles. The van der Waals surface area contributed by atoms with Crippen LogP contribution in [0.5, 0.6) is 0 Å². The van der Waals surface area contributed by atoms with Gasteiger partial charge in [-0.25, -0.2) is 19.2 Å². The van der Waals surface area contributed by atoms with E-state index in [1.54, 1.807) is 19.2 Å². The number of nitrogens with zero attached hydrogens (tertiary/aromatic N) is 5. The number of fused-ring (bicyclic) bond motifs is 3. The Morgan fingerprint density at radius 3 is 2.70 bits per heavy atom. The highest BCUT2D eigenvalue weighted by molar-refractivity contribution is 6.01. The number of alkyl halides is 1. The highest BCUT2D eigenvalue weighted by Gasteiger charge is 2.30. The zero-order chi connectivity index (χ0) is 28.1. The first-order valence-electron chi connectivity index (χ1n) is 13.3. The Morgan fingerprint density at radius 2 is 2.00 bits per heavy atom. The van der Waals surface area contributed by atoms with Gasteiger partial charge in [0.15, 0.2) is 5.82 Å². The topological polar surface area (TPSA) is 134 Å². The largest absolute Gasteiger partial charge is 0.465 e. The molecule has 3 aromatic heterocycles. The number of imidazole rings is 1. The van der Waals surface area contributed by atoms with Gasteiger partial charge < -0.3 is 29.8 Å². The number of carbonyl (C=O) groups is 3. The lowest BCUT2D eigenvalue weighted by Crippen LogP contribution is -2.48. The van der Waals surface area contributed by atoms with Gasteiger partial charge in [0.1, 0.15) is 18.0 Å². The van der Waals surface area contributed by atoms with Crippen molar-refractivity contribution in [2.45, 2.75) is 31.8 Å². The van der Waals surface area contributed by atoms with Crippen molar-refractivity contribution in [2.75, 3.05) is 26.8 Å². The van der Waals surface area contributed by atoms with Gasteiger partial charge in [-0.15, -0.1) is 0 Å². The fraction of sp³-hybridized carbons (Fsp3) is 0.393. The minimum Gasteiger partial charge on any atom is -0.465 e. The molecule has 1 aliphatic carbocycles. The molecule has 0 bridgehead atoms. The predicted octanol–water partition coefficient (Wildman–Crippen LogP) is 2.96. The van der Waals surface area contributed by atoms with Gasteiger partial charge in [-0.3, -0.25) is 9.59 Å². The van der Waals surface area contributed by atoms with Crippen molar-refractivity contribution in [3.63, 3.8) is 0 Å². The van der Waals surface area contributed by atoms with Crippen LogP contribution in [0, 0.1) is 5.92 Å². The van der Waals surface area contributed by atoms with E-state index in [2.05, 4.69) is 20.2 Å². The first kappa shape index (κ1) is 25.8. The predicted molar refractivity (Wildman–Crippen MR) is 146 cm³/mol. The van der Waals surface area contributed by atoms with Gasteiger partial charge >= 0.3 is 6.09 Å². The molecule has 11 nitrogen and oxygen atoms in total. The first-order chi connectivity index (χ1) is 19.3. The number of hydrogen-bond donors (Lipinski definition) is 3. The van der Waals surface area contributed by atoms with Crippen molar-refractivity contribution in [2.24, 2.45) is 13.0 Å². The number of carbonyl (C=O) groups excluding carboxylic acids is 2. The van der Waals surface area contributed by atoms with Crippen molar-refractivity contribution >= 4 is 40.0 Å². The summed E-state index contributed by atoms with van der Waals surface area (Å²) in [6.45, 7) is 0.198. The quantitative estimate of drug-likeness (QED) is 0.311. The molecule has 0 saturated heterocycles. The normalized spacial score (nSPS) is 15.9. The monoisotopic (exact) mass is 547 g/mol. The first-order valence-corrected chi connectivity index (χ1v) is 13.3. The zero-order valence-corrected chi connectivity index (χ0v) is 22.3. The molecule has 2 aliphatic rings. The summed E-state index contributed by atoms with van der Waals surface area (Å²) in [5, 5.41) is 14.6. The molecular formula is C28H30FN7O4. The van der Waals surface area contributed by atoms with Gasteiger partial charge in [0, 0.05) is 44.7 Å². The van der Waals surface area contributed by atoms with E-state index >= 15 is 0 Å². The average molecular weight is 548 g/mol. The van der Waals surface area contributed by atoms with Crippen molar-refractivity contribution in [1.82, 2.24) is 34.6 Å². The second kappa shape index (κ2) is 9.92. The molecule has 1 fully saturated rings. The maximum atomic E-state index is 13.4. The number of rotatable bonds is 8. The number of benzene rings is 1. The van der Waals surface area contributed by atoms with Crippen LogP contribution in [0.3, 0.4) is 0 Å². The van der Waals surface area contributed by atoms with E-state index < -0.39 is 18.8 Å². The van der Waals surface area contributed by atoms with Crippen molar-refractivity contribution in [1.29, 1.82) is 0 Å². The number of nitrogens with one attached hydrogen (secondary N) is 2. The number of carboxylic acid groups (broad SMARTS) is 1. The molecule has 0 unspecified atom stereocenters. The van der Waals surface area contributed by atoms with Gasteiger partial charge in [0.2, 0.25) is 0 Å². The molecular weight excluding hydrogens is 517 g/mol. The molecule has 3 N–H and O–H groups in total. The average Bonchev–Trinajstić information content (AvgIpc) is 3.63. The third kappa shape index (κ3) is 4.52. The van der Waals surface area contributed by atoms with Gasteiger partial charge in [-0.2, -0.15) is 0 Å². The van der Waals surface area contributed by atoms with Crippen LogP contribution in [0.4, 0.5) is 9.18 Å². The molecule has 40 heavy (non-hydrogen) atoms. The Kier molecular flexibility index (Phi) is 6.40. The minimum absolute atomic E-state index is 0.0428. The number of amides is 3. The molecule has 0 spiro atoms. The zero-order valence-electron chi connectivity index (χ0n) is 22.3. The van der Waals surface area contributed by atoms with Crippen LogP contribution in [0.25, 0.3) is 33.6 Å². The van der Waals surface area contributed by atoms with Crippen molar-refractivity contribution in [3.05, 3.63) is 47.2 Å². The molecule has 12 heteroatoms. The standard InChI is InChI=1S/C28H30FN7O4/c1-30-26(37)20-6-5-17-10-23(36(24(17)32-20)13-15-3-4-15)25-33-21-11-19-16(9-22(21)34(25)2)7-8-35(27(19)38)14-18(12-29)31-28(39)40/h5-6,9-11,15,18,31H,3-4,7-8,12-14H2,1-2H3,(H,30,37)(H,39,40)/t18-/m1/s1. The Balaban J connectivity index is 1.40. The Labute approximate surface area is 229 Å². The maximum absolute atomic E-state index is 13.4. The van der Waals surface area contributed by atoms with Crippen LogP contribution in [-0.2, 0) is 20.0 Å². The number of aryl methyl sites for hydroxylation is 1. The molecule has 1 saturated carbocycles. The van der Waals surface area contributed by atoms with Crippen LogP contribution < -0.4 is 10.6 Å². The van der Waals surface area contributed by atoms with Crippen LogP contribution in [0.2, 0.25) is 0 Å². The summed E-state index contributed by atoms with van der Waals surface area (Å²) in [6.07, 6.45) is 1.53. The van der Waals surface area contributed by atoms with E-state index in [1.807, 2.05) is 29.8 Å². The number of aromatic nitrogens is 4. The van der Waals surface area contributed by atoms with Crippen LogP contribution in [0.15, 0.2) is 30.3 Å². The van der Waals surface area contributed by atoms with E-state index in [9.17, 15) is 18.8 Å².